The van der Waals surface area contributed by atoms with E-state index in [2.05, 4.69) is 26.8 Å². The molecule has 0 aromatic heterocycles. The van der Waals surface area contributed by atoms with Gasteiger partial charge >= 0.3 is 5.97 Å². The Morgan fingerprint density at radius 3 is 2.32 bits per heavy atom. The first-order valence-corrected chi connectivity index (χ1v) is 15.2. The van der Waals surface area contributed by atoms with Crippen molar-refractivity contribution in [1.29, 1.82) is 0 Å². The van der Waals surface area contributed by atoms with Gasteiger partial charge in [-0.2, -0.15) is 0 Å². The normalized spacial score (nSPS) is 14.6. The molecule has 0 aliphatic heterocycles. The lowest BCUT2D eigenvalue weighted by Gasteiger charge is -2.33. The fraction of sp³-hybridized carbons (Fsp3) is 0.342. The van der Waals surface area contributed by atoms with Crippen LogP contribution in [0.4, 0.5) is 4.39 Å². The number of carbonyl (C=O) groups is 1. The number of benzene rings is 4. The Morgan fingerprint density at radius 2 is 1.64 bits per heavy atom. The fourth-order valence-corrected chi connectivity index (χ4v) is 5.81. The Hall–Kier alpha value is -4.16. The zero-order valence-corrected chi connectivity index (χ0v) is 25.9. The second-order valence-corrected chi connectivity index (χ2v) is 12.7. The Kier molecular flexibility index (Phi) is 9.70. The zero-order chi connectivity index (χ0) is 31.3. The van der Waals surface area contributed by atoms with Gasteiger partial charge in [-0.1, -0.05) is 75.4 Å². The summed E-state index contributed by atoms with van der Waals surface area (Å²) < 4.78 is 33.6. The number of carboxylic acid groups (broad SMARTS) is 1. The lowest BCUT2D eigenvalue weighted by Crippen LogP contribution is -2.22. The molecule has 44 heavy (non-hydrogen) atoms. The van der Waals surface area contributed by atoms with Crippen LogP contribution >= 0.6 is 0 Å². The second kappa shape index (κ2) is 13.6. The van der Waals surface area contributed by atoms with Gasteiger partial charge in [0.25, 0.3) is 0 Å². The lowest BCUT2D eigenvalue weighted by atomic mass is 9.81. The molecule has 1 aliphatic rings. The van der Waals surface area contributed by atoms with Crippen LogP contribution in [0.25, 0.3) is 11.1 Å². The van der Waals surface area contributed by atoms with E-state index < -0.39 is 5.97 Å². The Morgan fingerprint density at radius 1 is 0.864 bits per heavy atom. The van der Waals surface area contributed by atoms with Crippen molar-refractivity contribution in [3.05, 3.63) is 119 Å². The van der Waals surface area contributed by atoms with E-state index in [0.29, 0.717) is 36.2 Å². The summed E-state index contributed by atoms with van der Waals surface area (Å²) in [5.74, 6) is 0.555. The van der Waals surface area contributed by atoms with Gasteiger partial charge < -0.3 is 19.3 Å². The molecule has 0 heterocycles. The topological polar surface area (TPSA) is 65.0 Å². The molecule has 5 nitrogen and oxygen atoms in total. The van der Waals surface area contributed by atoms with Crippen molar-refractivity contribution in [2.24, 2.45) is 11.3 Å². The van der Waals surface area contributed by atoms with Crippen LogP contribution in [0.3, 0.4) is 0 Å². The highest BCUT2D eigenvalue weighted by Crippen LogP contribution is 2.45. The van der Waals surface area contributed by atoms with E-state index in [1.165, 1.54) is 6.07 Å². The average molecular weight is 597 g/mol. The molecule has 0 amide bonds. The minimum Gasteiger partial charge on any atom is -0.497 e. The Labute approximate surface area is 259 Å². The highest BCUT2D eigenvalue weighted by molar-refractivity contribution is 5.71. The van der Waals surface area contributed by atoms with Crippen LogP contribution in [-0.4, -0.2) is 18.2 Å². The summed E-state index contributed by atoms with van der Waals surface area (Å²) in [6.45, 7) is 7.07. The molecule has 0 radical (unpaired) electrons. The fourth-order valence-electron chi connectivity index (χ4n) is 5.81. The molecule has 4 aromatic rings. The third-order valence-electron chi connectivity index (χ3n) is 8.19. The molecule has 230 valence electrons. The van der Waals surface area contributed by atoms with Gasteiger partial charge in [-0.25, -0.2) is 4.39 Å². The van der Waals surface area contributed by atoms with Crippen LogP contribution in [0.2, 0.25) is 0 Å². The highest BCUT2D eigenvalue weighted by atomic mass is 19.1. The van der Waals surface area contributed by atoms with E-state index in [0.717, 1.165) is 40.7 Å². The van der Waals surface area contributed by atoms with Gasteiger partial charge in [-0.15, -0.1) is 0 Å². The van der Waals surface area contributed by atoms with Crippen molar-refractivity contribution in [3.8, 4) is 22.6 Å². The van der Waals surface area contributed by atoms with Gasteiger partial charge in [-0.05, 0) is 94.3 Å². The maximum Gasteiger partial charge on any atom is 0.303 e. The smallest absolute Gasteiger partial charge is 0.303 e. The van der Waals surface area contributed by atoms with Gasteiger partial charge in [0, 0.05) is 5.56 Å². The maximum atomic E-state index is 15.3. The van der Waals surface area contributed by atoms with Crippen molar-refractivity contribution < 1.29 is 28.5 Å². The number of ether oxygens (including phenoxy) is 3. The number of hydrogen-bond acceptors (Lipinski definition) is 4. The van der Waals surface area contributed by atoms with Crippen LogP contribution < -0.4 is 9.47 Å². The van der Waals surface area contributed by atoms with Crippen molar-refractivity contribution in [3.63, 3.8) is 0 Å². The Bertz CT molecular complexity index is 1570. The van der Waals surface area contributed by atoms with Gasteiger partial charge in [0.1, 0.15) is 23.9 Å². The number of methoxy groups -OCH3 is 1. The summed E-state index contributed by atoms with van der Waals surface area (Å²) >= 11 is 0. The van der Waals surface area contributed by atoms with E-state index in [4.69, 9.17) is 14.2 Å². The molecule has 5 rings (SSSR count). The number of halogens is 1. The highest BCUT2D eigenvalue weighted by Gasteiger charge is 2.34. The minimum absolute atomic E-state index is 0.00555. The number of hydrogen-bond donors (Lipinski definition) is 1. The Balaban J connectivity index is 1.47. The van der Waals surface area contributed by atoms with Crippen LogP contribution in [0, 0.1) is 17.2 Å². The molecule has 0 unspecified atom stereocenters. The molecular formula is C38H41FO5. The summed E-state index contributed by atoms with van der Waals surface area (Å²) in [6, 6.07) is 28.5. The predicted molar refractivity (Wildman–Crippen MR) is 170 cm³/mol. The molecule has 1 aliphatic carbocycles. The lowest BCUT2D eigenvalue weighted by molar-refractivity contribution is -0.137. The van der Waals surface area contributed by atoms with E-state index in [-0.39, 0.29) is 29.7 Å². The molecule has 2 atom stereocenters. The molecule has 0 saturated heterocycles. The average Bonchev–Trinajstić information content (AvgIpc) is 3.85. The van der Waals surface area contributed by atoms with Crippen LogP contribution in [0.5, 0.6) is 11.5 Å². The van der Waals surface area contributed by atoms with Crippen molar-refractivity contribution >= 4 is 5.97 Å². The van der Waals surface area contributed by atoms with E-state index >= 15 is 4.39 Å². The molecule has 1 fully saturated rings. The largest absolute Gasteiger partial charge is 0.497 e. The van der Waals surface area contributed by atoms with Crippen LogP contribution in [0.15, 0.2) is 91.0 Å². The summed E-state index contributed by atoms with van der Waals surface area (Å²) in [4.78, 5) is 11.5. The van der Waals surface area contributed by atoms with Gasteiger partial charge in [0.15, 0.2) is 0 Å². The molecule has 4 aromatic carbocycles. The van der Waals surface area contributed by atoms with Crippen LogP contribution in [-0.2, 0) is 22.7 Å². The summed E-state index contributed by atoms with van der Waals surface area (Å²) in [7, 11) is 1.57. The second-order valence-electron chi connectivity index (χ2n) is 12.7. The standard InChI is InChI=1S/C38H41FO5/c1-38(2,3)37(44-23-25-9-6-5-7-10-25)34-19-26(13-17-31(34)33-21-29(42-4)16-18-35(33)39)24-43-30-12-8-11-28(20-30)32(22-36(40)41)27-14-15-27/h5-13,16-21,27,32,37H,14-15,22-24H2,1-4H3,(H,40,41)/t32-,37-/m0/s1. The van der Waals surface area contributed by atoms with Crippen molar-refractivity contribution in [2.75, 3.05) is 7.11 Å². The quantitative estimate of drug-likeness (QED) is 0.167. The summed E-state index contributed by atoms with van der Waals surface area (Å²) in [5, 5.41) is 9.45. The zero-order valence-electron chi connectivity index (χ0n) is 25.9. The molecule has 0 bridgehead atoms. The SMILES string of the molecule is COc1ccc(F)c(-c2ccc(COc3cccc([C@@H](CC(=O)O)C4CC4)c3)cc2[C@H](OCc2ccccc2)C(C)(C)C)c1. The monoisotopic (exact) mass is 596 g/mol. The van der Waals surface area contributed by atoms with Gasteiger partial charge in [-0.3, -0.25) is 4.79 Å². The molecule has 0 spiro atoms. The third-order valence-corrected chi connectivity index (χ3v) is 8.19. The molecular weight excluding hydrogens is 555 g/mol. The first-order chi connectivity index (χ1) is 21.1. The van der Waals surface area contributed by atoms with Gasteiger partial charge in [0.05, 0.1) is 26.2 Å². The summed E-state index contributed by atoms with van der Waals surface area (Å²) in [5.41, 5.74) is 4.71. The maximum absolute atomic E-state index is 15.3. The minimum atomic E-state index is -0.781. The van der Waals surface area contributed by atoms with Crippen molar-refractivity contribution in [2.45, 2.75) is 65.3 Å². The molecule has 1 N–H and O–H groups in total. The predicted octanol–water partition coefficient (Wildman–Crippen LogP) is 9.35. The van der Waals surface area contributed by atoms with Crippen LogP contribution in [0.1, 0.15) is 74.3 Å². The number of aliphatic carboxylic acids is 1. The van der Waals surface area contributed by atoms with Gasteiger partial charge in [0.2, 0.25) is 0 Å². The number of carboxylic acids is 1. The summed E-state index contributed by atoms with van der Waals surface area (Å²) in [6.07, 6.45) is 1.89. The van der Waals surface area contributed by atoms with E-state index in [9.17, 15) is 9.90 Å². The van der Waals surface area contributed by atoms with E-state index in [1.54, 1.807) is 19.2 Å². The van der Waals surface area contributed by atoms with Crippen molar-refractivity contribution in [1.82, 2.24) is 0 Å². The first kappa shape index (κ1) is 31.3. The first-order valence-electron chi connectivity index (χ1n) is 15.2. The van der Waals surface area contributed by atoms with E-state index in [1.807, 2.05) is 66.7 Å². The molecule has 6 heteroatoms. The molecule has 1 saturated carbocycles. The number of rotatable bonds is 13. The third kappa shape index (κ3) is 7.86.